The van der Waals surface area contributed by atoms with E-state index in [0.717, 1.165) is 40.8 Å². The van der Waals surface area contributed by atoms with Crippen molar-refractivity contribution in [3.8, 4) is 0 Å². The van der Waals surface area contributed by atoms with Gasteiger partial charge in [-0.15, -0.1) is 0 Å². The molecule has 5 N–H and O–H groups in total. The Balaban J connectivity index is 1.55. The van der Waals surface area contributed by atoms with Crippen molar-refractivity contribution in [2.75, 3.05) is 17.2 Å². The molecule has 0 saturated heterocycles. The highest BCUT2D eigenvalue weighted by Crippen LogP contribution is 2.42. The first-order valence-electron chi connectivity index (χ1n) is 8.28. The first-order valence-corrected chi connectivity index (χ1v) is 8.28. The SMILES string of the molecule is NC(=O)CCNc1nc(Nc2ccc3cn[nH]c3c2)ncc1C1CC1. The molecule has 0 spiro atoms. The average molecular weight is 337 g/mol. The Morgan fingerprint density at radius 1 is 1.32 bits per heavy atom. The van der Waals surface area contributed by atoms with Crippen molar-refractivity contribution in [2.45, 2.75) is 25.2 Å². The number of anilines is 3. The van der Waals surface area contributed by atoms with E-state index in [1.807, 2.05) is 24.4 Å². The molecule has 8 heteroatoms. The molecule has 0 bridgehead atoms. The smallest absolute Gasteiger partial charge is 0.229 e. The molecule has 8 nitrogen and oxygen atoms in total. The first-order chi connectivity index (χ1) is 12.2. The number of nitrogens with zero attached hydrogens (tertiary/aromatic N) is 3. The van der Waals surface area contributed by atoms with Crippen LogP contribution in [-0.4, -0.2) is 32.6 Å². The van der Waals surface area contributed by atoms with E-state index in [-0.39, 0.29) is 12.3 Å². The summed E-state index contributed by atoms with van der Waals surface area (Å²) in [5.41, 5.74) is 8.12. The second kappa shape index (κ2) is 6.39. The molecule has 2 aromatic heterocycles. The molecule has 0 atom stereocenters. The molecule has 1 saturated carbocycles. The molecule has 1 aromatic carbocycles. The molecule has 1 fully saturated rings. The van der Waals surface area contributed by atoms with Gasteiger partial charge in [0.1, 0.15) is 5.82 Å². The van der Waals surface area contributed by atoms with Crippen LogP contribution >= 0.6 is 0 Å². The van der Waals surface area contributed by atoms with Crippen LogP contribution in [0.1, 0.15) is 30.7 Å². The van der Waals surface area contributed by atoms with Gasteiger partial charge in [0, 0.05) is 35.8 Å². The number of aromatic nitrogens is 4. The maximum Gasteiger partial charge on any atom is 0.229 e. The van der Waals surface area contributed by atoms with E-state index in [1.165, 1.54) is 0 Å². The summed E-state index contributed by atoms with van der Waals surface area (Å²) >= 11 is 0. The molecule has 128 valence electrons. The number of hydrogen-bond donors (Lipinski definition) is 4. The summed E-state index contributed by atoms with van der Waals surface area (Å²) in [5.74, 6) is 1.45. The zero-order valence-corrected chi connectivity index (χ0v) is 13.6. The summed E-state index contributed by atoms with van der Waals surface area (Å²) in [5, 5.41) is 14.4. The second-order valence-corrected chi connectivity index (χ2v) is 6.21. The molecular weight excluding hydrogens is 318 g/mol. The van der Waals surface area contributed by atoms with Crippen molar-refractivity contribution < 1.29 is 4.79 Å². The second-order valence-electron chi connectivity index (χ2n) is 6.21. The lowest BCUT2D eigenvalue weighted by Gasteiger charge is -2.12. The van der Waals surface area contributed by atoms with Crippen molar-refractivity contribution in [1.29, 1.82) is 0 Å². The third-order valence-corrected chi connectivity index (χ3v) is 4.20. The molecule has 1 aliphatic carbocycles. The predicted molar refractivity (Wildman–Crippen MR) is 95.7 cm³/mol. The van der Waals surface area contributed by atoms with Crippen LogP contribution in [0.3, 0.4) is 0 Å². The van der Waals surface area contributed by atoms with E-state index in [2.05, 4.69) is 30.8 Å². The third-order valence-electron chi connectivity index (χ3n) is 4.20. The van der Waals surface area contributed by atoms with Crippen LogP contribution in [0.4, 0.5) is 17.5 Å². The molecule has 0 radical (unpaired) electrons. The number of H-pyrrole nitrogens is 1. The summed E-state index contributed by atoms with van der Waals surface area (Å²) in [6.07, 6.45) is 6.21. The highest BCUT2D eigenvalue weighted by molar-refractivity contribution is 5.82. The molecule has 1 aliphatic rings. The lowest BCUT2D eigenvalue weighted by molar-refractivity contribution is -0.117. The van der Waals surface area contributed by atoms with Crippen LogP contribution in [0.15, 0.2) is 30.6 Å². The van der Waals surface area contributed by atoms with Gasteiger partial charge in [-0.3, -0.25) is 9.89 Å². The Labute approximate surface area is 144 Å². The maximum absolute atomic E-state index is 10.9. The number of rotatable bonds is 7. The van der Waals surface area contributed by atoms with Crippen LogP contribution in [0.2, 0.25) is 0 Å². The van der Waals surface area contributed by atoms with Crippen molar-refractivity contribution >= 4 is 34.3 Å². The summed E-state index contributed by atoms with van der Waals surface area (Å²) in [7, 11) is 0. The summed E-state index contributed by atoms with van der Waals surface area (Å²) < 4.78 is 0. The summed E-state index contributed by atoms with van der Waals surface area (Å²) in [4.78, 5) is 20.0. The Bertz CT molecular complexity index is 916. The number of primary amides is 1. The monoisotopic (exact) mass is 337 g/mol. The number of nitrogens with two attached hydrogens (primary N) is 1. The fourth-order valence-corrected chi connectivity index (χ4v) is 2.73. The van der Waals surface area contributed by atoms with E-state index >= 15 is 0 Å². The third kappa shape index (κ3) is 3.52. The molecule has 25 heavy (non-hydrogen) atoms. The number of amides is 1. The van der Waals surface area contributed by atoms with Crippen LogP contribution in [0.25, 0.3) is 10.9 Å². The zero-order valence-electron chi connectivity index (χ0n) is 13.6. The number of aromatic amines is 1. The number of fused-ring (bicyclic) bond motifs is 1. The quantitative estimate of drug-likeness (QED) is 0.524. The van der Waals surface area contributed by atoms with E-state index in [9.17, 15) is 4.79 Å². The van der Waals surface area contributed by atoms with Gasteiger partial charge in [-0.1, -0.05) is 0 Å². The first kappa shape index (κ1) is 15.4. The van der Waals surface area contributed by atoms with Crippen LogP contribution in [-0.2, 0) is 4.79 Å². The topological polar surface area (TPSA) is 122 Å². The van der Waals surface area contributed by atoms with E-state index in [0.29, 0.717) is 18.4 Å². The minimum atomic E-state index is -0.333. The van der Waals surface area contributed by atoms with Crippen LogP contribution in [0.5, 0.6) is 0 Å². The number of benzene rings is 1. The molecule has 4 rings (SSSR count). The normalized spacial score (nSPS) is 13.8. The Morgan fingerprint density at radius 2 is 2.20 bits per heavy atom. The van der Waals surface area contributed by atoms with Gasteiger partial charge in [0.2, 0.25) is 11.9 Å². The number of nitrogens with one attached hydrogen (secondary N) is 3. The lowest BCUT2D eigenvalue weighted by Crippen LogP contribution is -2.17. The molecular formula is C17H19N7O. The molecule has 0 unspecified atom stereocenters. The van der Waals surface area contributed by atoms with Crippen LogP contribution < -0.4 is 16.4 Å². The zero-order chi connectivity index (χ0) is 17.2. The van der Waals surface area contributed by atoms with Crippen molar-refractivity contribution in [1.82, 2.24) is 20.2 Å². The molecule has 0 aliphatic heterocycles. The van der Waals surface area contributed by atoms with E-state index in [4.69, 9.17) is 5.73 Å². The Hall–Kier alpha value is -3.16. The van der Waals surface area contributed by atoms with Gasteiger partial charge >= 0.3 is 0 Å². The number of carbonyl (C=O) groups excluding carboxylic acids is 1. The van der Waals surface area contributed by atoms with Gasteiger partial charge in [0.05, 0.1) is 11.7 Å². The fraction of sp³-hybridized carbons (Fsp3) is 0.294. The maximum atomic E-state index is 10.9. The van der Waals surface area contributed by atoms with Gasteiger partial charge in [-0.2, -0.15) is 10.1 Å². The molecule has 2 heterocycles. The predicted octanol–water partition coefficient (Wildman–Crippen LogP) is 2.26. The van der Waals surface area contributed by atoms with Crippen molar-refractivity contribution in [3.63, 3.8) is 0 Å². The number of carbonyl (C=O) groups is 1. The Morgan fingerprint density at radius 3 is 3.00 bits per heavy atom. The van der Waals surface area contributed by atoms with Gasteiger partial charge in [0.25, 0.3) is 0 Å². The van der Waals surface area contributed by atoms with Gasteiger partial charge < -0.3 is 16.4 Å². The molecule has 3 aromatic rings. The lowest BCUT2D eigenvalue weighted by atomic mass is 10.2. The number of hydrogen-bond acceptors (Lipinski definition) is 6. The molecule has 1 amide bonds. The van der Waals surface area contributed by atoms with Crippen LogP contribution in [0, 0.1) is 0 Å². The van der Waals surface area contributed by atoms with E-state index < -0.39 is 0 Å². The van der Waals surface area contributed by atoms with Crippen molar-refractivity contribution in [2.24, 2.45) is 5.73 Å². The van der Waals surface area contributed by atoms with E-state index in [1.54, 1.807) is 6.20 Å². The minimum Gasteiger partial charge on any atom is -0.370 e. The summed E-state index contributed by atoms with van der Waals surface area (Å²) in [6.45, 7) is 0.464. The van der Waals surface area contributed by atoms with Gasteiger partial charge in [-0.05, 0) is 37.0 Å². The highest BCUT2D eigenvalue weighted by atomic mass is 16.1. The Kier molecular flexibility index (Phi) is 3.93. The summed E-state index contributed by atoms with van der Waals surface area (Å²) in [6, 6.07) is 5.89. The standard InChI is InChI=1S/C17H19N7O/c18-15(25)5-6-19-16-13(10-1-2-10)9-20-17(23-16)22-12-4-3-11-8-21-24-14(11)7-12/h3-4,7-10H,1-2,5-6H2,(H2,18,25)(H,21,24)(H2,19,20,22,23). The average Bonchev–Trinajstić information content (AvgIpc) is 3.32. The minimum absolute atomic E-state index is 0.271. The van der Waals surface area contributed by atoms with Gasteiger partial charge in [0.15, 0.2) is 0 Å². The fourth-order valence-electron chi connectivity index (χ4n) is 2.73. The highest BCUT2D eigenvalue weighted by Gasteiger charge is 2.27. The van der Waals surface area contributed by atoms with Gasteiger partial charge in [-0.25, -0.2) is 4.98 Å². The van der Waals surface area contributed by atoms with Crippen molar-refractivity contribution in [3.05, 3.63) is 36.2 Å². The largest absolute Gasteiger partial charge is 0.370 e.